The van der Waals surface area contributed by atoms with Gasteiger partial charge in [-0.3, -0.25) is 0 Å². The van der Waals surface area contributed by atoms with Gasteiger partial charge in [0.15, 0.2) is 0 Å². The van der Waals surface area contributed by atoms with Crippen molar-refractivity contribution in [2.45, 2.75) is 53.1 Å². The maximum Gasteiger partial charge on any atom is 0.0645 e. The van der Waals surface area contributed by atoms with Crippen LogP contribution in [0.25, 0.3) is 0 Å². The first-order valence-corrected chi connectivity index (χ1v) is 6.64. The fraction of sp³-hybridized carbons (Fsp3) is 0.714. The third-order valence-corrected chi connectivity index (χ3v) is 2.71. The van der Waals surface area contributed by atoms with Crippen LogP contribution in [0, 0.1) is 13.8 Å². The molecule has 0 fully saturated rings. The molecular formula is C14H26N4. The van der Waals surface area contributed by atoms with E-state index in [-0.39, 0.29) is 5.54 Å². The average molecular weight is 250 g/mol. The summed E-state index contributed by atoms with van der Waals surface area (Å²) in [5.74, 6) is 0. The molecule has 0 spiro atoms. The molecule has 0 saturated carbocycles. The van der Waals surface area contributed by atoms with E-state index < -0.39 is 0 Å². The highest BCUT2D eigenvalue weighted by Crippen LogP contribution is 2.04. The third kappa shape index (κ3) is 6.07. The number of aryl methyl sites for hydroxylation is 2. The van der Waals surface area contributed by atoms with Crippen molar-refractivity contribution in [1.82, 2.24) is 20.8 Å². The van der Waals surface area contributed by atoms with E-state index in [1.807, 2.05) is 13.8 Å². The van der Waals surface area contributed by atoms with E-state index in [1.54, 1.807) is 0 Å². The van der Waals surface area contributed by atoms with Crippen molar-refractivity contribution in [3.05, 3.63) is 23.0 Å². The number of nitrogens with zero attached hydrogens (tertiary/aromatic N) is 2. The lowest BCUT2D eigenvalue weighted by atomic mass is 10.1. The topological polar surface area (TPSA) is 49.8 Å². The molecule has 2 N–H and O–H groups in total. The fourth-order valence-corrected chi connectivity index (χ4v) is 1.68. The number of hydrogen-bond acceptors (Lipinski definition) is 4. The van der Waals surface area contributed by atoms with Crippen molar-refractivity contribution in [2.24, 2.45) is 0 Å². The molecule has 1 aromatic heterocycles. The van der Waals surface area contributed by atoms with Crippen LogP contribution in [0.15, 0.2) is 6.07 Å². The molecule has 1 heterocycles. The van der Waals surface area contributed by atoms with Crippen LogP contribution in [0.5, 0.6) is 0 Å². The molecule has 18 heavy (non-hydrogen) atoms. The number of aromatic nitrogens is 2. The largest absolute Gasteiger partial charge is 0.313 e. The first kappa shape index (κ1) is 15.1. The van der Waals surface area contributed by atoms with Gasteiger partial charge in [-0.25, -0.2) is 0 Å². The minimum atomic E-state index is 0.211. The second kappa shape index (κ2) is 6.81. The third-order valence-electron chi connectivity index (χ3n) is 2.71. The van der Waals surface area contributed by atoms with E-state index in [9.17, 15) is 0 Å². The predicted molar refractivity (Wildman–Crippen MR) is 75.6 cm³/mol. The highest BCUT2D eigenvalue weighted by atomic mass is 15.1. The van der Waals surface area contributed by atoms with Crippen molar-refractivity contribution in [2.75, 3.05) is 13.1 Å². The molecule has 0 aliphatic heterocycles. The summed E-state index contributed by atoms with van der Waals surface area (Å²) in [6, 6.07) is 2.10. The van der Waals surface area contributed by atoms with Gasteiger partial charge in [0.05, 0.1) is 11.4 Å². The van der Waals surface area contributed by atoms with Crippen molar-refractivity contribution in [3.8, 4) is 0 Å². The van der Waals surface area contributed by atoms with Gasteiger partial charge < -0.3 is 10.6 Å². The van der Waals surface area contributed by atoms with Crippen LogP contribution in [0.2, 0.25) is 0 Å². The summed E-state index contributed by atoms with van der Waals surface area (Å²) in [5.41, 5.74) is 3.45. The van der Waals surface area contributed by atoms with E-state index in [1.165, 1.54) is 5.56 Å². The zero-order valence-electron chi connectivity index (χ0n) is 12.3. The standard InChI is InChI=1S/C14H26N4/c1-11-9-13(12(2)18-17-11)10-15-7-6-8-16-14(3,4)5/h9,15-16H,6-8,10H2,1-5H3. The fourth-order valence-electron chi connectivity index (χ4n) is 1.68. The van der Waals surface area contributed by atoms with Crippen LogP contribution in [0.3, 0.4) is 0 Å². The van der Waals surface area contributed by atoms with E-state index in [0.29, 0.717) is 0 Å². The molecule has 4 nitrogen and oxygen atoms in total. The number of nitrogens with one attached hydrogen (secondary N) is 2. The quantitative estimate of drug-likeness (QED) is 0.758. The molecular weight excluding hydrogens is 224 g/mol. The average Bonchev–Trinajstić information content (AvgIpc) is 2.26. The van der Waals surface area contributed by atoms with Gasteiger partial charge in [0.2, 0.25) is 0 Å². The summed E-state index contributed by atoms with van der Waals surface area (Å²) < 4.78 is 0. The molecule has 0 unspecified atom stereocenters. The van der Waals surface area contributed by atoms with Gasteiger partial charge in [-0.05, 0) is 65.8 Å². The van der Waals surface area contributed by atoms with E-state index in [4.69, 9.17) is 0 Å². The molecule has 0 amide bonds. The van der Waals surface area contributed by atoms with Crippen molar-refractivity contribution in [1.29, 1.82) is 0 Å². The van der Waals surface area contributed by atoms with E-state index >= 15 is 0 Å². The highest BCUT2D eigenvalue weighted by Gasteiger charge is 2.07. The molecule has 0 atom stereocenters. The van der Waals surface area contributed by atoms with Gasteiger partial charge in [-0.1, -0.05) is 0 Å². The molecule has 0 saturated heterocycles. The summed E-state index contributed by atoms with van der Waals surface area (Å²) in [6.45, 7) is 13.5. The SMILES string of the molecule is Cc1cc(CNCCCNC(C)(C)C)c(C)nn1. The maximum atomic E-state index is 4.12. The summed E-state index contributed by atoms with van der Waals surface area (Å²) in [6.07, 6.45) is 1.13. The maximum absolute atomic E-state index is 4.12. The molecule has 0 aromatic carbocycles. The predicted octanol–water partition coefficient (Wildman–Crippen LogP) is 1.96. The lowest BCUT2D eigenvalue weighted by Gasteiger charge is -2.20. The normalized spacial score (nSPS) is 11.8. The Hall–Kier alpha value is -1.00. The summed E-state index contributed by atoms with van der Waals surface area (Å²) in [5, 5.41) is 15.1. The van der Waals surface area contributed by atoms with Crippen molar-refractivity contribution >= 4 is 0 Å². The van der Waals surface area contributed by atoms with Crippen LogP contribution < -0.4 is 10.6 Å². The van der Waals surface area contributed by atoms with Crippen molar-refractivity contribution < 1.29 is 0 Å². The van der Waals surface area contributed by atoms with Gasteiger partial charge in [-0.2, -0.15) is 10.2 Å². The summed E-state index contributed by atoms with van der Waals surface area (Å²) in [4.78, 5) is 0. The Labute approximate surface area is 111 Å². The van der Waals surface area contributed by atoms with Crippen LogP contribution >= 0.6 is 0 Å². The number of rotatable bonds is 6. The first-order chi connectivity index (χ1) is 8.38. The lowest BCUT2D eigenvalue weighted by molar-refractivity contribution is 0.418. The number of hydrogen-bond donors (Lipinski definition) is 2. The zero-order chi connectivity index (χ0) is 13.6. The van der Waals surface area contributed by atoms with Crippen LogP contribution in [0.1, 0.15) is 44.1 Å². The minimum Gasteiger partial charge on any atom is -0.313 e. The van der Waals surface area contributed by atoms with Crippen LogP contribution in [0.4, 0.5) is 0 Å². The molecule has 102 valence electrons. The minimum absolute atomic E-state index is 0.211. The molecule has 1 rings (SSSR count). The Balaban J connectivity index is 2.20. The van der Waals surface area contributed by atoms with Crippen LogP contribution in [-0.2, 0) is 6.54 Å². The second-order valence-corrected chi connectivity index (χ2v) is 5.80. The Morgan fingerprint density at radius 2 is 1.83 bits per heavy atom. The van der Waals surface area contributed by atoms with Crippen LogP contribution in [-0.4, -0.2) is 28.8 Å². The molecule has 1 aromatic rings. The summed E-state index contributed by atoms with van der Waals surface area (Å²) in [7, 11) is 0. The van der Waals surface area contributed by atoms with Crippen molar-refractivity contribution in [3.63, 3.8) is 0 Å². The highest BCUT2D eigenvalue weighted by molar-refractivity contribution is 5.19. The monoisotopic (exact) mass is 250 g/mol. The van der Waals surface area contributed by atoms with Gasteiger partial charge in [0, 0.05) is 12.1 Å². The van der Waals surface area contributed by atoms with Gasteiger partial charge >= 0.3 is 0 Å². The molecule has 0 bridgehead atoms. The summed E-state index contributed by atoms with van der Waals surface area (Å²) >= 11 is 0. The Bertz CT molecular complexity index is 369. The van der Waals surface area contributed by atoms with E-state index in [0.717, 1.165) is 37.4 Å². The molecule has 0 aliphatic rings. The molecule has 4 heteroatoms. The Kier molecular flexibility index (Phi) is 5.69. The zero-order valence-corrected chi connectivity index (χ0v) is 12.3. The molecule has 0 aliphatic carbocycles. The van der Waals surface area contributed by atoms with Gasteiger partial charge in [0.1, 0.15) is 0 Å². The van der Waals surface area contributed by atoms with Gasteiger partial charge in [0.25, 0.3) is 0 Å². The smallest absolute Gasteiger partial charge is 0.0645 e. The second-order valence-electron chi connectivity index (χ2n) is 5.80. The Morgan fingerprint density at radius 3 is 2.50 bits per heavy atom. The van der Waals surface area contributed by atoms with E-state index in [2.05, 4.69) is 47.7 Å². The van der Waals surface area contributed by atoms with Gasteiger partial charge in [-0.15, -0.1) is 0 Å². The first-order valence-electron chi connectivity index (χ1n) is 6.64. The molecule has 0 radical (unpaired) electrons. The lowest BCUT2D eigenvalue weighted by Crippen LogP contribution is -2.37. The Morgan fingerprint density at radius 1 is 1.11 bits per heavy atom.